The first-order valence-corrected chi connectivity index (χ1v) is 6.83. The van der Waals surface area contributed by atoms with E-state index < -0.39 is 0 Å². The molecule has 0 radical (unpaired) electrons. The lowest BCUT2D eigenvalue weighted by atomic mass is 9.66. The Bertz CT molecular complexity index is 545. The van der Waals surface area contributed by atoms with Gasteiger partial charge in [0.1, 0.15) is 0 Å². The highest BCUT2D eigenvalue weighted by atomic mass is 14.4. The Kier molecular flexibility index (Phi) is 2.74. The van der Waals surface area contributed by atoms with Gasteiger partial charge in [-0.15, -0.1) is 0 Å². The molecular weight excluding hydrogens is 216 g/mol. The number of benzene rings is 1. The lowest BCUT2D eigenvalue weighted by Gasteiger charge is -2.38. The van der Waals surface area contributed by atoms with Crippen LogP contribution >= 0.6 is 0 Å². The van der Waals surface area contributed by atoms with Crippen molar-refractivity contribution in [2.75, 3.05) is 0 Å². The Morgan fingerprint density at radius 3 is 2.78 bits per heavy atom. The van der Waals surface area contributed by atoms with Crippen molar-refractivity contribution in [1.29, 1.82) is 0 Å². The molecule has 92 valence electrons. The largest absolute Gasteiger partial charge is 0.0984 e. The monoisotopic (exact) mass is 236 g/mol. The highest BCUT2D eigenvalue weighted by Crippen LogP contribution is 2.48. The number of fused-ring (bicyclic) bond motifs is 3. The molecular formula is C18H20. The fourth-order valence-electron chi connectivity index (χ4n) is 3.55. The first-order chi connectivity index (χ1) is 8.72. The smallest absolute Gasteiger partial charge is 0.00901 e. The van der Waals surface area contributed by atoms with Gasteiger partial charge in [-0.1, -0.05) is 61.6 Å². The second-order valence-corrected chi connectivity index (χ2v) is 5.62. The van der Waals surface area contributed by atoms with E-state index in [0.29, 0.717) is 17.8 Å². The van der Waals surface area contributed by atoms with Crippen molar-refractivity contribution in [3.63, 3.8) is 0 Å². The second-order valence-electron chi connectivity index (χ2n) is 5.62. The summed E-state index contributed by atoms with van der Waals surface area (Å²) in [5.41, 5.74) is 5.73. The molecule has 0 saturated heterocycles. The number of hydrogen-bond acceptors (Lipinski definition) is 0. The Labute approximate surface area is 110 Å². The van der Waals surface area contributed by atoms with Crippen molar-refractivity contribution in [1.82, 2.24) is 0 Å². The van der Waals surface area contributed by atoms with E-state index in [1.807, 2.05) is 6.08 Å². The number of rotatable bonds is 1. The minimum absolute atomic E-state index is 0.570. The van der Waals surface area contributed by atoms with Gasteiger partial charge in [-0.3, -0.25) is 0 Å². The van der Waals surface area contributed by atoms with E-state index in [-0.39, 0.29) is 0 Å². The van der Waals surface area contributed by atoms with Crippen molar-refractivity contribution in [3.8, 4) is 0 Å². The van der Waals surface area contributed by atoms with Crippen molar-refractivity contribution in [2.24, 2.45) is 11.8 Å². The SMILES string of the molecule is C=CC1=C(C)C2CC(C)C=CC2c2ccccc21. The second kappa shape index (κ2) is 4.28. The first kappa shape index (κ1) is 11.5. The third kappa shape index (κ3) is 1.59. The van der Waals surface area contributed by atoms with Gasteiger partial charge in [0.05, 0.1) is 0 Å². The molecule has 0 bridgehead atoms. The molecule has 1 aromatic carbocycles. The molecule has 3 rings (SSSR count). The fourth-order valence-corrected chi connectivity index (χ4v) is 3.55. The van der Waals surface area contributed by atoms with E-state index in [4.69, 9.17) is 0 Å². The van der Waals surface area contributed by atoms with Crippen molar-refractivity contribution in [2.45, 2.75) is 26.2 Å². The molecule has 3 atom stereocenters. The summed E-state index contributed by atoms with van der Waals surface area (Å²) >= 11 is 0. The van der Waals surface area contributed by atoms with Crippen LogP contribution in [0.2, 0.25) is 0 Å². The normalized spacial score (nSPS) is 29.8. The molecule has 0 heterocycles. The lowest BCUT2D eigenvalue weighted by Crippen LogP contribution is -2.24. The van der Waals surface area contributed by atoms with E-state index in [2.05, 4.69) is 56.8 Å². The van der Waals surface area contributed by atoms with Gasteiger partial charge < -0.3 is 0 Å². The summed E-state index contributed by atoms with van der Waals surface area (Å²) < 4.78 is 0. The summed E-state index contributed by atoms with van der Waals surface area (Å²) in [5.74, 6) is 1.92. The molecule has 2 aliphatic carbocycles. The van der Waals surface area contributed by atoms with Crippen LogP contribution in [0.1, 0.15) is 37.3 Å². The quantitative estimate of drug-likeness (QED) is 0.605. The fraction of sp³-hybridized carbons (Fsp3) is 0.333. The van der Waals surface area contributed by atoms with Crippen molar-refractivity contribution >= 4 is 5.57 Å². The number of allylic oxidation sites excluding steroid dienone is 5. The summed E-state index contributed by atoms with van der Waals surface area (Å²) in [6.07, 6.45) is 8.09. The van der Waals surface area contributed by atoms with Crippen molar-refractivity contribution in [3.05, 3.63) is 65.8 Å². The maximum absolute atomic E-state index is 4.01. The van der Waals surface area contributed by atoms with E-state index in [0.717, 1.165) is 0 Å². The zero-order chi connectivity index (χ0) is 12.7. The first-order valence-electron chi connectivity index (χ1n) is 6.83. The highest BCUT2D eigenvalue weighted by Gasteiger charge is 2.33. The molecule has 0 amide bonds. The molecule has 0 heteroatoms. The van der Waals surface area contributed by atoms with Crippen LogP contribution in [0.25, 0.3) is 5.57 Å². The van der Waals surface area contributed by atoms with Crippen LogP contribution in [0.4, 0.5) is 0 Å². The molecule has 2 aliphatic rings. The van der Waals surface area contributed by atoms with Crippen LogP contribution in [-0.2, 0) is 0 Å². The van der Waals surface area contributed by atoms with Crippen LogP contribution in [0, 0.1) is 11.8 Å². The van der Waals surface area contributed by atoms with Gasteiger partial charge in [0, 0.05) is 5.92 Å². The zero-order valence-corrected chi connectivity index (χ0v) is 11.2. The molecule has 0 aliphatic heterocycles. The van der Waals surface area contributed by atoms with Crippen LogP contribution in [0.15, 0.2) is 54.6 Å². The van der Waals surface area contributed by atoms with Gasteiger partial charge in [0.15, 0.2) is 0 Å². The molecule has 0 aromatic heterocycles. The molecule has 18 heavy (non-hydrogen) atoms. The lowest BCUT2D eigenvalue weighted by molar-refractivity contribution is 0.424. The highest BCUT2D eigenvalue weighted by molar-refractivity contribution is 5.81. The van der Waals surface area contributed by atoms with Crippen molar-refractivity contribution < 1.29 is 0 Å². The third-order valence-electron chi connectivity index (χ3n) is 4.50. The van der Waals surface area contributed by atoms with Gasteiger partial charge in [-0.25, -0.2) is 0 Å². The molecule has 1 aromatic rings. The number of hydrogen-bond donors (Lipinski definition) is 0. The summed E-state index contributed by atoms with van der Waals surface area (Å²) in [6, 6.07) is 8.80. The molecule has 0 spiro atoms. The van der Waals surface area contributed by atoms with Crippen LogP contribution in [0.5, 0.6) is 0 Å². The maximum atomic E-state index is 4.01. The predicted molar refractivity (Wildman–Crippen MR) is 78.4 cm³/mol. The Balaban J connectivity index is 2.22. The van der Waals surface area contributed by atoms with Crippen LogP contribution < -0.4 is 0 Å². The molecule has 0 nitrogen and oxygen atoms in total. The molecule has 0 fully saturated rings. The predicted octanol–water partition coefficient (Wildman–Crippen LogP) is 4.96. The van der Waals surface area contributed by atoms with E-state index in [9.17, 15) is 0 Å². The average Bonchev–Trinajstić information content (AvgIpc) is 2.39. The molecule has 0 N–H and O–H groups in total. The van der Waals surface area contributed by atoms with Gasteiger partial charge >= 0.3 is 0 Å². The minimum Gasteiger partial charge on any atom is -0.0984 e. The van der Waals surface area contributed by atoms with Crippen LogP contribution in [-0.4, -0.2) is 0 Å². The molecule has 0 saturated carbocycles. The van der Waals surface area contributed by atoms with Gasteiger partial charge in [-0.05, 0) is 41.9 Å². The van der Waals surface area contributed by atoms with Crippen LogP contribution in [0.3, 0.4) is 0 Å². The summed E-state index contributed by atoms with van der Waals surface area (Å²) in [7, 11) is 0. The minimum atomic E-state index is 0.570. The van der Waals surface area contributed by atoms with Gasteiger partial charge in [0.2, 0.25) is 0 Å². The standard InChI is InChI=1S/C18H20/c1-4-14-13(3)18-11-12(2)9-10-17(18)16-8-6-5-7-15(14)16/h4-10,12,17-18H,1,11H2,2-3H3. The zero-order valence-electron chi connectivity index (χ0n) is 11.2. The summed E-state index contributed by atoms with van der Waals surface area (Å²) in [4.78, 5) is 0. The van der Waals surface area contributed by atoms with Gasteiger partial charge in [-0.2, -0.15) is 0 Å². The van der Waals surface area contributed by atoms with E-state index in [1.165, 1.54) is 28.7 Å². The average molecular weight is 236 g/mol. The Morgan fingerprint density at radius 2 is 2.00 bits per heavy atom. The van der Waals surface area contributed by atoms with E-state index >= 15 is 0 Å². The summed E-state index contributed by atoms with van der Waals surface area (Å²) in [6.45, 7) is 8.62. The summed E-state index contributed by atoms with van der Waals surface area (Å²) in [5, 5.41) is 0. The third-order valence-corrected chi connectivity index (χ3v) is 4.50. The Hall–Kier alpha value is -1.56. The molecule has 3 unspecified atom stereocenters. The van der Waals surface area contributed by atoms with E-state index in [1.54, 1.807) is 0 Å². The topological polar surface area (TPSA) is 0 Å². The van der Waals surface area contributed by atoms with Gasteiger partial charge in [0.25, 0.3) is 0 Å². The Morgan fingerprint density at radius 1 is 1.22 bits per heavy atom. The maximum Gasteiger partial charge on any atom is 0.00901 e.